The van der Waals surface area contributed by atoms with Crippen molar-refractivity contribution in [1.82, 2.24) is 5.32 Å². The van der Waals surface area contributed by atoms with E-state index in [1.807, 2.05) is 13.8 Å². The fourth-order valence-electron chi connectivity index (χ4n) is 4.15. The van der Waals surface area contributed by atoms with Crippen LogP contribution in [0.3, 0.4) is 0 Å². The zero-order valence-corrected chi connectivity index (χ0v) is 19.5. The summed E-state index contributed by atoms with van der Waals surface area (Å²) in [6, 6.07) is 8.49. The molecule has 174 valence electrons. The van der Waals surface area contributed by atoms with Crippen molar-refractivity contribution in [2.45, 2.75) is 55.2 Å². The summed E-state index contributed by atoms with van der Waals surface area (Å²) in [4.78, 5) is 11.8. The van der Waals surface area contributed by atoms with Crippen LogP contribution in [-0.4, -0.2) is 27.2 Å². The van der Waals surface area contributed by atoms with Gasteiger partial charge in [0.25, 0.3) is 0 Å². The topological polar surface area (TPSA) is 72.5 Å². The molecule has 1 N–H and O–H groups in total. The lowest BCUT2D eigenvalue weighted by Gasteiger charge is -2.40. The molecule has 1 aliphatic rings. The van der Waals surface area contributed by atoms with Crippen LogP contribution in [0.25, 0.3) is 0 Å². The van der Waals surface area contributed by atoms with Gasteiger partial charge in [-0.3, -0.25) is 0 Å². The molecule has 0 radical (unpaired) electrons. The van der Waals surface area contributed by atoms with Gasteiger partial charge >= 0.3 is 6.09 Å². The van der Waals surface area contributed by atoms with Crippen molar-refractivity contribution in [3.63, 3.8) is 0 Å². The molecule has 0 heterocycles. The van der Waals surface area contributed by atoms with E-state index in [4.69, 9.17) is 16.3 Å². The normalized spacial score (nSPS) is 21.4. The number of halogens is 3. The van der Waals surface area contributed by atoms with Crippen LogP contribution in [0.4, 0.5) is 13.6 Å². The van der Waals surface area contributed by atoms with Gasteiger partial charge < -0.3 is 10.1 Å². The summed E-state index contributed by atoms with van der Waals surface area (Å²) in [5, 5.41) is 3.00. The Bertz CT molecular complexity index is 1070. The standard InChI is InChI=1S/C23H26ClF2NO4S/c1-15(2)27-22(28)31-14-16-9-11-23(12-10-16,20-13-18(25)5-8-21(20)26)32(29,30)19-6-3-17(24)4-7-19/h3-8,13,15-16H,9-12,14H2,1-2H3,(H,27,28). The summed E-state index contributed by atoms with van der Waals surface area (Å²) in [5.41, 5.74) is -0.177. The molecule has 0 spiro atoms. The molecule has 32 heavy (non-hydrogen) atoms. The van der Waals surface area contributed by atoms with Crippen molar-refractivity contribution >= 4 is 27.5 Å². The van der Waals surface area contributed by atoms with Crippen molar-refractivity contribution in [3.8, 4) is 0 Å². The molecule has 0 atom stereocenters. The minimum atomic E-state index is -4.09. The average molecular weight is 486 g/mol. The fourth-order valence-corrected chi connectivity index (χ4v) is 6.44. The maximum absolute atomic E-state index is 14.9. The highest BCUT2D eigenvalue weighted by atomic mass is 35.5. The van der Waals surface area contributed by atoms with Crippen LogP contribution in [0.5, 0.6) is 0 Å². The van der Waals surface area contributed by atoms with E-state index in [0.717, 1.165) is 18.2 Å². The van der Waals surface area contributed by atoms with Crippen LogP contribution in [0.1, 0.15) is 45.1 Å². The molecule has 1 fully saturated rings. The highest BCUT2D eigenvalue weighted by Gasteiger charge is 2.50. The van der Waals surface area contributed by atoms with Gasteiger partial charge in [0.05, 0.1) is 11.5 Å². The van der Waals surface area contributed by atoms with Crippen LogP contribution in [0.15, 0.2) is 47.4 Å². The first-order valence-electron chi connectivity index (χ1n) is 10.4. The van der Waals surface area contributed by atoms with Crippen LogP contribution in [-0.2, 0) is 19.3 Å². The molecule has 2 aromatic rings. The van der Waals surface area contributed by atoms with E-state index >= 15 is 0 Å². The van der Waals surface area contributed by atoms with Crippen LogP contribution < -0.4 is 5.32 Å². The lowest BCUT2D eigenvalue weighted by molar-refractivity contribution is 0.109. The third-order valence-electron chi connectivity index (χ3n) is 5.83. The maximum atomic E-state index is 14.9. The van der Waals surface area contributed by atoms with Crippen molar-refractivity contribution in [1.29, 1.82) is 0 Å². The van der Waals surface area contributed by atoms with E-state index in [-0.39, 0.29) is 41.9 Å². The number of alkyl carbamates (subject to hydrolysis) is 1. The summed E-state index contributed by atoms with van der Waals surface area (Å²) in [7, 11) is -4.09. The van der Waals surface area contributed by atoms with Crippen LogP contribution in [0, 0.1) is 17.6 Å². The molecule has 0 bridgehead atoms. The quantitative estimate of drug-likeness (QED) is 0.577. The Morgan fingerprint density at radius 1 is 1.16 bits per heavy atom. The molecule has 9 heteroatoms. The summed E-state index contributed by atoms with van der Waals surface area (Å²) < 4.78 is 60.0. The summed E-state index contributed by atoms with van der Waals surface area (Å²) in [6.07, 6.45) is 0.341. The minimum absolute atomic E-state index is 0.00317. The van der Waals surface area contributed by atoms with Gasteiger partial charge in [0.2, 0.25) is 0 Å². The van der Waals surface area contributed by atoms with Crippen molar-refractivity contribution in [2.24, 2.45) is 5.92 Å². The fraction of sp³-hybridized carbons (Fsp3) is 0.435. The third-order valence-corrected chi connectivity index (χ3v) is 8.63. The zero-order chi connectivity index (χ0) is 23.5. The molecular weight excluding hydrogens is 460 g/mol. The molecule has 0 aliphatic heterocycles. The van der Waals surface area contributed by atoms with Gasteiger partial charge in [0.15, 0.2) is 9.84 Å². The Morgan fingerprint density at radius 3 is 2.38 bits per heavy atom. The van der Waals surface area contributed by atoms with E-state index in [1.165, 1.54) is 24.3 Å². The predicted octanol–water partition coefficient (Wildman–Crippen LogP) is 5.61. The van der Waals surface area contributed by atoms with E-state index in [2.05, 4.69) is 5.32 Å². The largest absolute Gasteiger partial charge is 0.449 e. The number of sulfone groups is 1. The van der Waals surface area contributed by atoms with Crippen LogP contribution in [0.2, 0.25) is 5.02 Å². The Labute approximate surface area is 192 Å². The predicted molar refractivity (Wildman–Crippen MR) is 118 cm³/mol. The summed E-state index contributed by atoms with van der Waals surface area (Å²) in [5.74, 6) is -1.56. The molecule has 1 aliphatic carbocycles. The second kappa shape index (κ2) is 9.75. The summed E-state index contributed by atoms with van der Waals surface area (Å²) >= 11 is 5.91. The van der Waals surface area contributed by atoms with Gasteiger partial charge in [-0.25, -0.2) is 22.0 Å². The summed E-state index contributed by atoms with van der Waals surface area (Å²) in [6.45, 7) is 3.75. The second-order valence-corrected chi connectivity index (χ2v) is 11.1. The van der Waals surface area contributed by atoms with Crippen molar-refractivity contribution in [3.05, 3.63) is 64.7 Å². The monoisotopic (exact) mass is 485 g/mol. The first kappa shape index (κ1) is 24.5. The lowest BCUT2D eigenvalue weighted by atomic mass is 9.78. The molecule has 1 amide bonds. The van der Waals surface area contributed by atoms with Gasteiger partial charge in [-0.05, 0) is 87.9 Å². The molecular formula is C23H26ClF2NO4S. The van der Waals surface area contributed by atoms with E-state index < -0.39 is 32.3 Å². The molecule has 3 rings (SSSR count). The number of nitrogens with one attached hydrogen (secondary N) is 1. The lowest BCUT2D eigenvalue weighted by Crippen LogP contribution is -2.41. The molecule has 0 unspecified atom stereocenters. The Morgan fingerprint density at radius 2 is 1.78 bits per heavy atom. The number of carbonyl (C=O) groups is 1. The second-order valence-electron chi connectivity index (χ2n) is 8.42. The van der Waals surface area contributed by atoms with Gasteiger partial charge in [-0.1, -0.05) is 11.6 Å². The first-order valence-corrected chi connectivity index (χ1v) is 12.3. The number of carbonyl (C=O) groups excluding carboxylic acids is 1. The third kappa shape index (κ3) is 5.07. The number of hydrogen-bond acceptors (Lipinski definition) is 4. The van der Waals surface area contributed by atoms with Gasteiger partial charge in [0.1, 0.15) is 16.4 Å². The maximum Gasteiger partial charge on any atom is 0.407 e. The Kier molecular flexibility index (Phi) is 7.45. The number of amides is 1. The van der Waals surface area contributed by atoms with Crippen LogP contribution >= 0.6 is 11.6 Å². The first-order chi connectivity index (χ1) is 15.0. The molecule has 2 aromatic carbocycles. The zero-order valence-electron chi connectivity index (χ0n) is 17.9. The SMILES string of the molecule is CC(C)NC(=O)OCC1CCC(c2cc(F)ccc2F)(S(=O)(=O)c2ccc(Cl)cc2)CC1. The average Bonchev–Trinajstić information content (AvgIpc) is 2.74. The van der Waals surface area contributed by atoms with Crippen molar-refractivity contribution < 1.29 is 26.7 Å². The van der Waals surface area contributed by atoms with Gasteiger partial charge in [-0.2, -0.15) is 0 Å². The molecule has 0 saturated heterocycles. The Hall–Kier alpha value is -2.19. The number of ether oxygens (including phenoxy) is 1. The van der Waals surface area contributed by atoms with E-state index in [0.29, 0.717) is 17.9 Å². The molecule has 5 nitrogen and oxygen atoms in total. The Balaban J connectivity index is 1.92. The number of benzene rings is 2. The minimum Gasteiger partial charge on any atom is -0.449 e. The van der Waals surface area contributed by atoms with E-state index in [1.54, 1.807) is 0 Å². The number of hydrogen-bond donors (Lipinski definition) is 1. The number of rotatable bonds is 6. The molecule has 0 aromatic heterocycles. The van der Waals surface area contributed by atoms with Crippen molar-refractivity contribution in [2.75, 3.05) is 6.61 Å². The molecule has 1 saturated carbocycles. The van der Waals surface area contributed by atoms with Gasteiger partial charge in [0, 0.05) is 16.6 Å². The smallest absolute Gasteiger partial charge is 0.407 e. The van der Waals surface area contributed by atoms with Gasteiger partial charge in [-0.15, -0.1) is 0 Å². The highest BCUT2D eigenvalue weighted by molar-refractivity contribution is 7.92. The van der Waals surface area contributed by atoms with E-state index in [9.17, 15) is 22.0 Å². The highest BCUT2D eigenvalue weighted by Crippen LogP contribution is 2.49.